The van der Waals surface area contributed by atoms with Crippen LogP contribution in [-0.4, -0.2) is 37.7 Å². The summed E-state index contributed by atoms with van der Waals surface area (Å²) >= 11 is 0. The van der Waals surface area contributed by atoms with Gasteiger partial charge < -0.3 is 14.6 Å². The number of benzene rings is 1. The van der Waals surface area contributed by atoms with E-state index in [-0.39, 0.29) is 12.4 Å². The Balaban J connectivity index is 2.84. The van der Waals surface area contributed by atoms with Gasteiger partial charge in [-0.2, -0.15) is 0 Å². The first-order valence-electron chi connectivity index (χ1n) is 6.79. The minimum atomic E-state index is -3.24. The monoisotopic (exact) mass is 316 g/mol. The average Bonchev–Trinajstić information content (AvgIpc) is 2.36. The summed E-state index contributed by atoms with van der Waals surface area (Å²) in [5.74, 6) is 0.953. The van der Waals surface area contributed by atoms with Crippen molar-refractivity contribution in [2.75, 3.05) is 19.5 Å². The molecule has 0 saturated carbocycles. The van der Waals surface area contributed by atoms with Gasteiger partial charge >= 0.3 is 0 Å². The smallest absolute Gasteiger partial charge is 0.158 e. The third kappa shape index (κ3) is 4.61. The van der Waals surface area contributed by atoms with Gasteiger partial charge in [-0.1, -0.05) is 0 Å². The van der Waals surface area contributed by atoms with Gasteiger partial charge in [-0.3, -0.25) is 0 Å². The third-order valence-electron chi connectivity index (χ3n) is 3.21. The van der Waals surface area contributed by atoms with E-state index < -0.39 is 20.7 Å². The number of aliphatic hydroxyl groups is 1. The summed E-state index contributed by atoms with van der Waals surface area (Å²) in [6.07, 6.45) is -0.704. The number of hydrogen-bond acceptors (Lipinski definition) is 5. The second-order valence-corrected chi connectivity index (χ2v) is 8.72. The Labute approximate surface area is 126 Å². The standard InChI is InChI=1S/C15H24O5S/c1-11(16)13-7-6-12(19-5)10-14(13)20-8-9-21(17,18)15(2,3)4/h6-7,10-11,16H,8-9H2,1-5H3/t11-/m0/s1. The molecule has 1 atom stereocenters. The lowest BCUT2D eigenvalue weighted by molar-refractivity contribution is 0.192. The molecule has 0 aliphatic heterocycles. The molecule has 1 aromatic carbocycles. The van der Waals surface area contributed by atoms with Gasteiger partial charge in [0.1, 0.15) is 18.1 Å². The number of rotatable bonds is 6. The quantitative estimate of drug-likeness (QED) is 0.872. The van der Waals surface area contributed by atoms with E-state index in [0.717, 1.165) is 0 Å². The van der Waals surface area contributed by atoms with Crippen molar-refractivity contribution < 1.29 is 23.0 Å². The summed E-state index contributed by atoms with van der Waals surface area (Å²) in [6, 6.07) is 5.07. The molecular formula is C15H24O5S. The minimum Gasteiger partial charge on any atom is -0.497 e. The van der Waals surface area contributed by atoms with Crippen LogP contribution in [0.4, 0.5) is 0 Å². The van der Waals surface area contributed by atoms with Gasteiger partial charge in [-0.25, -0.2) is 8.42 Å². The largest absolute Gasteiger partial charge is 0.497 e. The number of aliphatic hydroxyl groups excluding tert-OH is 1. The van der Waals surface area contributed by atoms with E-state index in [9.17, 15) is 13.5 Å². The van der Waals surface area contributed by atoms with Crippen molar-refractivity contribution in [3.63, 3.8) is 0 Å². The summed E-state index contributed by atoms with van der Waals surface area (Å²) in [5.41, 5.74) is 0.601. The molecule has 5 nitrogen and oxygen atoms in total. The predicted molar refractivity (Wildman–Crippen MR) is 82.7 cm³/mol. The van der Waals surface area contributed by atoms with E-state index >= 15 is 0 Å². The van der Waals surface area contributed by atoms with Crippen LogP contribution < -0.4 is 9.47 Å². The maximum atomic E-state index is 12.0. The molecule has 0 aromatic heterocycles. The lowest BCUT2D eigenvalue weighted by atomic mass is 10.1. The molecular weight excluding hydrogens is 292 g/mol. The fourth-order valence-corrected chi connectivity index (χ4v) is 2.59. The average molecular weight is 316 g/mol. The van der Waals surface area contributed by atoms with Crippen LogP contribution in [0, 0.1) is 0 Å². The molecule has 0 heterocycles. The topological polar surface area (TPSA) is 72.8 Å². The normalized spacial score (nSPS) is 13.8. The van der Waals surface area contributed by atoms with Crippen LogP contribution in [-0.2, 0) is 9.84 Å². The van der Waals surface area contributed by atoms with E-state index in [2.05, 4.69) is 0 Å². The lowest BCUT2D eigenvalue weighted by Gasteiger charge is -2.20. The highest BCUT2D eigenvalue weighted by molar-refractivity contribution is 7.92. The Hall–Kier alpha value is -1.27. The zero-order valence-electron chi connectivity index (χ0n) is 13.2. The van der Waals surface area contributed by atoms with E-state index in [0.29, 0.717) is 17.1 Å². The summed E-state index contributed by atoms with van der Waals surface area (Å²) in [6.45, 7) is 6.65. The van der Waals surface area contributed by atoms with E-state index in [1.165, 1.54) is 7.11 Å². The molecule has 1 N–H and O–H groups in total. The molecule has 0 amide bonds. The van der Waals surface area contributed by atoms with Crippen molar-refractivity contribution in [3.8, 4) is 11.5 Å². The fourth-order valence-electron chi connectivity index (χ4n) is 1.68. The summed E-state index contributed by atoms with van der Waals surface area (Å²) in [7, 11) is -1.70. The van der Waals surface area contributed by atoms with Crippen molar-refractivity contribution in [1.29, 1.82) is 0 Å². The first-order valence-corrected chi connectivity index (χ1v) is 8.45. The first-order chi connectivity index (χ1) is 9.58. The molecule has 21 heavy (non-hydrogen) atoms. The molecule has 6 heteroatoms. The molecule has 0 aliphatic carbocycles. The van der Waals surface area contributed by atoms with Gasteiger partial charge in [0.25, 0.3) is 0 Å². The van der Waals surface area contributed by atoms with Crippen LogP contribution in [0.1, 0.15) is 39.4 Å². The lowest BCUT2D eigenvalue weighted by Crippen LogP contribution is -2.32. The molecule has 0 unspecified atom stereocenters. The Morgan fingerprint density at radius 2 is 1.90 bits per heavy atom. The van der Waals surface area contributed by atoms with Gasteiger partial charge in [0.05, 0.1) is 23.7 Å². The Bertz CT molecular complexity index is 570. The summed E-state index contributed by atoms with van der Waals surface area (Å²) in [5, 5.41) is 9.72. The highest BCUT2D eigenvalue weighted by atomic mass is 32.2. The van der Waals surface area contributed by atoms with Crippen molar-refractivity contribution in [1.82, 2.24) is 0 Å². The Kier molecular flexibility index (Phi) is 5.64. The molecule has 120 valence electrons. The number of sulfone groups is 1. The van der Waals surface area contributed by atoms with E-state index in [1.54, 1.807) is 45.9 Å². The molecule has 0 radical (unpaired) electrons. The van der Waals surface area contributed by atoms with Gasteiger partial charge in [0.15, 0.2) is 9.84 Å². The predicted octanol–water partition coefficient (Wildman–Crippen LogP) is 2.34. The van der Waals surface area contributed by atoms with Crippen LogP contribution in [0.2, 0.25) is 0 Å². The van der Waals surface area contributed by atoms with Crippen molar-refractivity contribution in [2.24, 2.45) is 0 Å². The van der Waals surface area contributed by atoms with Gasteiger partial charge in [0, 0.05) is 11.6 Å². The first kappa shape index (κ1) is 17.8. The molecule has 0 saturated heterocycles. The zero-order chi connectivity index (χ0) is 16.3. The van der Waals surface area contributed by atoms with Crippen LogP contribution in [0.5, 0.6) is 11.5 Å². The van der Waals surface area contributed by atoms with Gasteiger partial charge in [0.2, 0.25) is 0 Å². The van der Waals surface area contributed by atoms with Crippen LogP contribution in [0.25, 0.3) is 0 Å². The van der Waals surface area contributed by atoms with E-state index in [1.807, 2.05) is 0 Å². The SMILES string of the molecule is COc1ccc([C@H](C)O)c(OCCS(=O)(=O)C(C)(C)C)c1. The van der Waals surface area contributed by atoms with E-state index in [4.69, 9.17) is 9.47 Å². The summed E-state index contributed by atoms with van der Waals surface area (Å²) in [4.78, 5) is 0. The van der Waals surface area contributed by atoms with Gasteiger partial charge in [-0.05, 0) is 39.8 Å². The molecule has 1 aromatic rings. The number of hydrogen-bond donors (Lipinski definition) is 1. The maximum Gasteiger partial charge on any atom is 0.158 e. The minimum absolute atomic E-state index is 0.0342. The second kappa shape index (κ2) is 6.66. The second-order valence-electron chi connectivity index (χ2n) is 5.86. The number of methoxy groups -OCH3 is 1. The molecule has 0 bridgehead atoms. The van der Waals surface area contributed by atoms with Crippen LogP contribution in [0.3, 0.4) is 0 Å². The van der Waals surface area contributed by atoms with Crippen LogP contribution in [0.15, 0.2) is 18.2 Å². The van der Waals surface area contributed by atoms with Crippen molar-refractivity contribution in [3.05, 3.63) is 23.8 Å². The number of ether oxygens (including phenoxy) is 2. The Morgan fingerprint density at radius 1 is 1.29 bits per heavy atom. The third-order valence-corrected chi connectivity index (χ3v) is 5.78. The van der Waals surface area contributed by atoms with Crippen molar-refractivity contribution >= 4 is 9.84 Å². The highest BCUT2D eigenvalue weighted by Gasteiger charge is 2.28. The zero-order valence-corrected chi connectivity index (χ0v) is 14.0. The summed E-state index contributed by atoms with van der Waals surface area (Å²) < 4.78 is 33.9. The molecule has 1 rings (SSSR count). The molecule has 0 spiro atoms. The maximum absolute atomic E-state index is 12.0. The fraction of sp³-hybridized carbons (Fsp3) is 0.600. The Morgan fingerprint density at radius 3 is 2.38 bits per heavy atom. The highest BCUT2D eigenvalue weighted by Crippen LogP contribution is 2.29. The molecule has 0 fully saturated rings. The van der Waals surface area contributed by atoms with Crippen molar-refractivity contribution in [2.45, 2.75) is 38.5 Å². The molecule has 0 aliphatic rings. The van der Waals surface area contributed by atoms with Crippen LogP contribution >= 0.6 is 0 Å². The van der Waals surface area contributed by atoms with Gasteiger partial charge in [-0.15, -0.1) is 0 Å².